The number of rotatable bonds is 6. The molecule has 2 aromatic rings. The molecular formula is C12H18N6. The molecule has 0 aliphatic carbocycles. The predicted octanol–water partition coefficient (Wildman–Crippen LogP) is 0.310. The van der Waals surface area contributed by atoms with E-state index in [2.05, 4.69) is 20.5 Å². The summed E-state index contributed by atoms with van der Waals surface area (Å²) in [5.41, 5.74) is 4.04. The third kappa shape index (κ3) is 3.12. The fourth-order valence-electron chi connectivity index (χ4n) is 1.92. The van der Waals surface area contributed by atoms with Gasteiger partial charge in [0.15, 0.2) is 0 Å². The first-order chi connectivity index (χ1) is 8.83. The van der Waals surface area contributed by atoms with Crippen LogP contribution in [0.2, 0.25) is 0 Å². The van der Waals surface area contributed by atoms with Crippen LogP contribution in [-0.4, -0.2) is 25.8 Å². The van der Waals surface area contributed by atoms with Gasteiger partial charge in [0, 0.05) is 31.4 Å². The highest BCUT2D eigenvalue weighted by molar-refractivity contribution is 5.12. The van der Waals surface area contributed by atoms with Crippen molar-refractivity contribution in [3.8, 4) is 0 Å². The minimum atomic E-state index is 0.141. The van der Waals surface area contributed by atoms with Gasteiger partial charge in [-0.05, 0) is 31.0 Å². The minimum absolute atomic E-state index is 0.141. The van der Waals surface area contributed by atoms with Gasteiger partial charge in [-0.2, -0.15) is 5.10 Å². The lowest BCUT2D eigenvalue weighted by Crippen LogP contribution is -2.39. The van der Waals surface area contributed by atoms with E-state index in [4.69, 9.17) is 5.84 Å². The Morgan fingerprint density at radius 3 is 2.78 bits per heavy atom. The van der Waals surface area contributed by atoms with Crippen molar-refractivity contribution in [2.45, 2.75) is 32.4 Å². The van der Waals surface area contributed by atoms with E-state index >= 15 is 0 Å². The van der Waals surface area contributed by atoms with Gasteiger partial charge in [-0.3, -0.25) is 20.9 Å². The number of nitrogens with zero attached hydrogens (tertiary/aromatic N) is 4. The molecule has 6 heteroatoms. The van der Waals surface area contributed by atoms with Crippen LogP contribution in [0.25, 0.3) is 0 Å². The highest BCUT2D eigenvalue weighted by Crippen LogP contribution is 2.06. The van der Waals surface area contributed by atoms with Crippen molar-refractivity contribution in [2.24, 2.45) is 5.84 Å². The molecule has 2 rings (SSSR count). The Morgan fingerprint density at radius 1 is 1.33 bits per heavy atom. The van der Waals surface area contributed by atoms with Crippen LogP contribution in [0.4, 0.5) is 0 Å². The van der Waals surface area contributed by atoms with E-state index in [0.29, 0.717) is 0 Å². The van der Waals surface area contributed by atoms with E-state index in [9.17, 15) is 0 Å². The van der Waals surface area contributed by atoms with Crippen LogP contribution in [0.15, 0.2) is 30.9 Å². The van der Waals surface area contributed by atoms with Gasteiger partial charge in [-0.25, -0.2) is 4.98 Å². The highest BCUT2D eigenvalue weighted by atomic mass is 15.3. The third-order valence-corrected chi connectivity index (χ3v) is 2.89. The van der Waals surface area contributed by atoms with Crippen LogP contribution in [0.5, 0.6) is 0 Å². The van der Waals surface area contributed by atoms with E-state index in [1.54, 1.807) is 18.7 Å². The van der Waals surface area contributed by atoms with Gasteiger partial charge in [0.05, 0.1) is 0 Å². The summed E-state index contributed by atoms with van der Waals surface area (Å²) in [6.45, 7) is 2.87. The molecule has 0 aliphatic heterocycles. The van der Waals surface area contributed by atoms with Crippen molar-refractivity contribution in [1.29, 1.82) is 0 Å². The van der Waals surface area contributed by atoms with Gasteiger partial charge in [-0.1, -0.05) is 0 Å². The van der Waals surface area contributed by atoms with Crippen molar-refractivity contribution in [1.82, 2.24) is 25.2 Å². The van der Waals surface area contributed by atoms with Crippen molar-refractivity contribution in [2.75, 3.05) is 0 Å². The molecular weight excluding hydrogens is 228 g/mol. The molecule has 0 saturated carbocycles. The van der Waals surface area contributed by atoms with Crippen LogP contribution < -0.4 is 11.3 Å². The van der Waals surface area contributed by atoms with E-state index in [1.165, 1.54) is 5.56 Å². The molecule has 0 saturated heterocycles. The lowest BCUT2D eigenvalue weighted by molar-refractivity contribution is 0.490. The number of hydrazine groups is 1. The summed E-state index contributed by atoms with van der Waals surface area (Å²) < 4.78 is 1.89. The van der Waals surface area contributed by atoms with Crippen LogP contribution >= 0.6 is 0 Å². The van der Waals surface area contributed by atoms with E-state index in [1.807, 2.05) is 23.7 Å². The summed E-state index contributed by atoms with van der Waals surface area (Å²) in [5.74, 6) is 6.56. The molecule has 0 fully saturated rings. The van der Waals surface area contributed by atoms with Crippen LogP contribution in [0.1, 0.15) is 18.3 Å². The quantitative estimate of drug-likeness (QED) is 0.566. The molecule has 6 nitrogen and oxygen atoms in total. The number of hydrogen-bond donors (Lipinski definition) is 2. The zero-order chi connectivity index (χ0) is 12.8. The zero-order valence-corrected chi connectivity index (χ0v) is 10.5. The highest BCUT2D eigenvalue weighted by Gasteiger charge is 2.12. The SMILES string of the molecule is CCn1ncnc1CC(Cc1ccncc1)NN. The lowest BCUT2D eigenvalue weighted by Gasteiger charge is -2.15. The standard InChI is InChI=1S/C12H18N6/c1-2-18-12(15-9-16-18)8-11(17-13)7-10-3-5-14-6-4-10/h3-6,9,11,17H,2,7-8,13H2,1H3. The Kier molecular flexibility index (Phi) is 4.38. The van der Waals surface area contributed by atoms with Crippen molar-refractivity contribution in [3.05, 3.63) is 42.2 Å². The number of nitrogens with two attached hydrogens (primary N) is 1. The maximum atomic E-state index is 5.61. The maximum absolute atomic E-state index is 5.61. The van der Waals surface area contributed by atoms with E-state index in [-0.39, 0.29) is 6.04 Å². The zero-order valence-electron chi connectivity index (χ0n) is 10.5. The molecule has 1 unspecified atom stereocenters. The number of pyridine rings is 1. The average Bonchev–Trinajstić information content (AvgIpc) is 2.86. The molecule has 2 heterocycles. The fourth-order valence-corrected chi connectivity index (χ4v) is 1.92. The second kappa shape index (κ2) is 6.23. The van der Waals surface area contributed by atoms with Crippen molar-refractivity contribution < 1.29 is 0 Å². The Labute approximate surface area is 106 Å². The number of aryl methyl sites for hydroxylation is 1. The number of aromatic nitrogens is 4. The molecule has 96 valence electrons. The second-order valence-electron chi connectivity index (χ2n) is 4.12. The van der Waals surface area contributed by atoms with Crippen molar-refractivity contribution in [3.63, 3.8) is 0 Å². The summed E-state index contributed by atoms with van der Waals surface area (Å²) in [6.07, 6.45) is 6.76. The first kappa shape index (κ1) is 12.7. The number of nitrogens with one attached hydrogen (secondary N) is 1. The summed E-state index contributed by atoms with van der Waals surface area (Å²) >= 11 is 0. The molecule has 3 N–H and O–H groups in total. The van der Waals surface area contributed by atoms with E-state index < -0.39 is 0 Å². The van der Waals surface area contributed by atoms with Gasteiger partial charge in [0.2, 0.25) is 0 Å². The van der Waals surface area contributed by atoms with Gasteiger partial charge in [-0.15, -0.1) is 0 Å². The van der Waals surface area contributed by atoms with Gasteiger partial charge in [0.25, 0.3) is 0 Å². The molecule has 0 amide bonds. The monoisotopic (exact) mass is 246 g/mol. The van der Waals surface area contributed by atoms with Crippen LogP contribution in [0, 0.1) is 0 Å². The van der Waals surface area contributed by atoms with Crippen molar-refractivity contribution >= 4 is 0 Å². The summed E-state index contributed by atoms with van der Waals surface area (Å²) in [5, 5.41) is 4.16. The topological polar surface area (TPSA) is 81.7 Å². The Hall–Kier alpha value is -1.79. The average molecular weight is 246 g/mol. The number of hydrogen-bond acceptors (Lipinski definition) is 5. The smallest absolute Gasteiger partial charge is 0.138 e. The molecule has 1 atom stereocenters. The minimum Gasteiger partial charge on any atom is -0.271 e. The Morgan fingerprint density at radius 2 is 2.11 bits per heavy atom. The fraction of sp³-hybridized carbons (Fsp3) is 0.417. The largest absolute Gasteiger partial charge is 0.271 e. The Bertz CT molecular complexity index is 466. The summed E-state index contributed by atoms with van der Waals surface area (Å²) in [4.78, 5) is 8.26. The summed E-state index contributed by atoms with van der Waals surface area (Å²) in [7, 11) is 0. The van der Waals surface area contributed by atoms with Crippen LogP contribution in [0.3, 0.4) is 0 Å². The first-order valence-corrected chi connectivity index (χ1v) is 6.05. The van der Waals surface area contributed by atoms with Gasteiger partial charge >= 0.3 is 0 Å². The predicted molar refractivity (Wildman–Crippen MR) is 68.5 cm³/mol. The van der Waals surface area contributed by atoms with E-state index in [0.717, 1.165) is 25.2 Å². The van der Waals surface area contributed by atoms with Gasteiger partial charge < -0.3 is 0 Å². The second-order valence-corrected chi connectivity index (χ2v) is 4.12. The summed E-state index contributed by atoms with van der Waals surface area (Å²) in [6, 6.07) is 4.13. The molecule has 0 aromatic carbocycles. The van der Waals surface area contributed by atoms with Crippen LogP contribution in [-0.2, 0) is 19.4 Å². The molecule has 0 spiro atoms. The normalized spacial score (nSPS) is 12.6. The molecule has 18 heavy (non-hydrogen) atoms. The molecule has 0 radical (unpaired) electrons. The Balaban J connectivity index is 2.02. The first-order valence-electron chi connectivity index (χ1n) is 6.05. The lowest BCUT2D eigenvalue weighted by atomic mass is 10.0. The van der Waals surface area contributed by atoms with Gasteiger partial charge in [0.1, 0.15) is 12.2 Å². The maximum Gasteiger partial charge on any atom is 0.138 e. The molecule has 0 bridgehead atoms. The molecule has 2 aromatic heterocycles. The molecule has 0 aliphatic rings. The third-order valence-electron chi connectivity index (χ3n) is 2.89.